The lowest BCUT2D eigenvalue weighted by Crippen LogP contribution is -2.60. The number of carbonyl (C=O) groups excluding carboxylic acids is 2. The molecule has 120 valence electrons. The molecule has 1 aromatic heterocycles. The van der Waals surface area contributed by atoms with Crippen LogP contribution in [0.1, 0.15) is 25.5 Å². The molecule has 6 heteroatoms. The molecule has 1 atom stereocenters. The Morgan fingerprint density at radius 3 is 2.64 bits per heavy atom. The van der Waals surface area contributed by atoms with Crippen LogP contribution in [0.3, 0.4) is 0 Å². The molecule has 2 aliphatic heterocycles. The van der Waals surface area contributed by atoms with Crippen molar-refractivity contribution in [2.45, 2.75) is 32.4 Å². The van der Waals surface area contributed by atoms with E-state index in [4.69, 9.17) is 4.42 Å². The Bertz CT molecular complexity index is 523. The zero-order valence-electron chi connectivity index (χ0n) is 13.0. The van der Waals surface area contributed by atoms with Crippen molar-refractivity contribution in [1.82, 2.24) is 14.7 Å². The van der Waals surface area contributed by atoms with Crippen LogP contribution in [0.4, 0.5) is 0 Å². The molecule has 2 saturated heterocycles. The average Bonchev–Trinajstić information content (AvgIpc) is 3.19. The summed E-state index contributed by atoms with van der Waals surface area (Å²) in [5, 5.41) is 0. The Morgan fingerprint density at radius 1 is 1.23 bits per heavy atom. The second kappa shape index (κ2) is 6.52. The van der Waals surface area contributed by atoms with Crippen molar-refractivity contribution in [3.63, 3.8) is 0 Å². The monoisotopic (exact) mass is 305 g/mol. The number of amides is 2. The van der Waals surface area contributed by atoms with Gasteiger partial charge in [0, 0.05) is 39.6 Å². The number of hydrogen-bond acceptors (Lipinski definition) is 4. The highest BCUT2D eigenvalue weighted by molar-refractivity contribution is 5.87. The van der Waals surface area contributed by atoms with Crippen LogP contribution in [-0.2, 0) is 16.1 Å². The molecular weight excluding hydrogens is 282 g/mol. The molecule has 3 heterocycles. The lowest BCUT2D eigenvalue weighted by molar-refractivity contribution is -0.147. The van der Waals surface area contributed by atoms with Gasteiger partial charge < -0.3 is 14.2 Å². The number of nitrogens with zero attached hydrogens (tertiary/aromatic N) is 3. The van der Waals surface area contributed by atoms with Crippen LogP contribution in [0.5, 0.6) is 0 Å². The Labute approximate surface area is 130 Å². The van der Waals surface area contributed by atoms with Crippen LogP contribution in [0.15, 0.2) is 22.8 Å². The first-order valence-corrected chi connectivity index (χ1v) is 7.96. The molecule has 2 aliphatic rings. The predicted molar refractivity (Wildman–Crippen MR) is 81.0 cm³/mol. The zero-order chi connectivity index (χ0) is 15.5. The van der Waals surface area contributed by atoms with Gasteiger partial charge in [0.15, 0.2) is 0 Å². The highest BCUT2D eigenvalue weighted by Crippen LogP contribution is 2.18. The fraction of sp³-hybridized carbons (Fsp3) is 0.625. The standard InChI is InChI=1S/C16H23N3O3/c1-13(20)19-9-8-17(11-14-5-4-10-22-14)12-15(19)16(21)18-6-2-3-7-18/h4-5,10,15H,2-3,6-9,11-12H2,1H3. The van der Waals surface area contributed by atoms with Gasteiger partial charge in [-0.25, -0.2) is 0 Å². The smallest absolute Gasteiger partial charge is 0.246 e. The summed E-state index contributed by atoms with van der Waals surface area (Å²) in [5.74, 6) is 0.968. The molecule has 0 aromatic carbocycles. The summed E-state index contributed by atoms with van der Waals surface area (Å²) >= 11 is 0. The minimum absolute atomic E-state index is 0.0183. The molecule has 0 bridgehead atoms. The third kappa shape index (κ3) is 3.16. The van der Waals surface area contributed by atoms with Crippen molar-refractivity contribution >= 4 is 11.8 Å². The van der Waals surface area contributed by atoms with Gasteiger partial charge >= 0.3 is 0 Å². The number of rotatable bonds is 3. The van der Waals surface area contributed by atoms with Gasteiger partial charge in [-0.3, -0.25) is 14.5 Å². The normalized spacial score (nSPS) is 23.0. The zero-order valence-corrected chi connectivity index (χ0v) is 13.0. The number of carbonyl (C=O) groups is 2. The van der Waals surface area contributed by atoms with E-state index in [-0.39, 0.29) is 17.9 Å². The molecule has 0 radical (unpaired) electrons. The number of likely N-dealkylation sites (tertiary alicyclic amines) is 1. The van der Waals surface area contributed by atoms with Crippen molar-refractivity contribution in [1.29, 1.82) is 0 Å². The van der Waals surface area contributed by atoms with E-state index in [9.17, 15) is 9.59 Å². The van der Waals surface area contributed by atoms with E-state index in [0.29, 0.717) is 19.6 Å². The lowest BCUT2D eigenvalue weighted by atomic mass is 10.1. The molecule has 0 aliphatic carbocycles. The maximum atomic E-state index is 12.7. The van der Waals surface area contributed by atoms with Gasteiger partial charge in [-0.15, -0.1) is 0 Å². The molecule has 1 aromatic rings. The van der Waals surface area contributed by atoms with Crippen molar-refractivity contribution in [3.05, 3.63) is 24.2 Å². The summed E-state index contributed by atoms with van der Waals surface area (Å²) in [5.41, 5.74) is 0. The number of furan rings is 1. The minimum Gasteiger partial charge on any atom is -0.468 e. The first-order valence-electron chi connectivity index (χ1n) is 7.96. The largest absolute Gasteiger partial charge is 0.468 e. The van der Waals surface area contributed by atoms with Crippen LogP contribution < -0.4 is 0 Å². The predicted octanol–water partition coefficient (Wildman–Crippen LogP) is 0.935. The summed E-state index contributed by atoms with van der Waals surface area (Å²) < 4.78 is 5.39. The molecule has 0 spiro atoms. The average molecular weight is 305 g/mol. The summed E-state index contributed by atoms with van der Waals surface area (Å²) in [6, 6.07) is 3.45. The molecule has 6 nitrogen and oxygen atoms in total. The fourth-order valence-electron chi connectivity index (χ4n) is 3.34. The number of hydrogen-bond donors (Lipinski definition) is 0. The van der Waals surface area contributed by atoms with E-state index in [2.05, 4.69) is 4.90 Å². The summed E-state index contributed by atoms with van der Waals surface area (Å²) in [4.78, 5) is 30.4. The molecule has 0 saturated carbocycles. The van der Waals surface area contributed by atoms with E-state index in [1.165, 1.54) is 0 Å². The fourth-order valence-corrected chi connectivity index (χ4v) is 3.34. The SMILES string of the molecule is CC(=O)N1CCN(Cc2ccco2)CC1C(=O)N1CCCC1. The number of piperazine rings is 1. The van der Waals surface area contributed by atoms with E-state index in [1.807, 2.05) is 17.0 Å². The molecular formula is C16H23N3O3. The van der Waals surface area contributed by atoms with Crippen molar-refractivity contribution in [2.24, 2.45) is 0 Å². The quantitative estimate of drug-likeness (QED) is 0.834. The van der Waals surface area contributed by atoms with E-state index in [1.54, 1.807) is 18.1 Å². The Balaban J connectivity index is 1.69. The van der Waals surface area contributed by atoms with Gasteiger partial charge in [-0.05, 0) is 25.0 Å². The van der Waals surface area contributed by atoms with Crippen LogP contribution >= 0.6 is 0 Å². The highest BCUT2D eigenvalue weighted by atomic mass is 16.3. The van der Waals surface area contributed by atoms with Crippen LogP contribution in [0.2, 0.25) is 0 Å². The van der Waals surface area contributed by atoms with Crippen LogP contribution in [0.25, 0.3) is 0 Å². The van der Waals surface area contributed by atoms with Gasteiger partial charge in [-0.1, -0.05) is 0 Å². The van der Waals surface area contributed by atoms with Gasteiger partial charge in [0.2, 0.25) is 11.8 Å². The molecule has 22 heavy (non-hydrogen) atoms. The topological polar surface area (TPSA) is 57.0 Å². The molecule has 2 fully saturated rings. The maximum absolute atomic E-state index is 12.7. The lowest BCUT2D eigenvalue weighted by Gasteiger charge is -2.41. The third-order valence-electron chi connectivity index (χ3n) is 4.53. The molecule has 2 amide bonds. The van der Waals surface area contributed by atoms with Gasteiger partial charge in [0.1, 0.15) is 11.8 Å². The van der Waals surface area contributed by atoms with Gasteiger partial charge in [-0.2, -0.15) is 0 Å². The van der Waals surface area contributed by atoms with Crippen molar-refractivity contribution in [3.8, 4) is 0 Å². The van der Waals surface area contributed by atoms with Crippen molar-refractivity contribution in [2.75, 3.05) is 32.7 Å². The third-order valence-corrected chi connectivity index (χ3v) is 4.53. The first-order chi connectivity index (χ1) is 10.6. The van der Waals surface area contributed by atoms with E-state index < -0.39 is 0 Å². The van der Waals surface area contributed by atoms with Gasteiger partial charge in [0.05, 0.1) is 12.8 Å². The molecule has 0 N–H and O–H groups in total. The Hall–Kier alpha value is -1.82. The minimum atomic E-state index is -0.362. The van der Waals surface area contributed by atoms with Crippen molar-refractivity contribution < 1.29 is 14.0 Å². The molecule has 1 unspecified atom stereocenters. The highest BCUT2D eigenvalue weighted by Gasteiger charge is 2.37. The van der Waals surface area contributed by atoms with Crippen LogP contribution in [-0.4, -0.2) is 65.3 Å². The van der Waals surface area contributed by atoms with Gasteiger partial charge in [0.25, 0.3) is 0 Å². The first kappa shape index (κ1) is 15.1. The second-order valence-corrected chi connectivity index (χ2v) is 6.08. The summed E-state index contributed by atoms with van der Waals surface area (Å²) in [6.07, 6.45) is 3.79. The Morgan fingerprint density at radius 2 is 2.00 bits per heavy atom. The second-order valence-electron chi connectivity index (χ2n) is 6.08. The van der Waals surface area contributed by atoms with Crippen LogP contribution in [0, 0.1) is 0 Å². The Kier molecular flexibility index (Phi) is 4.47. The maximum Gasteiger partial charge on any atom is 0.246 e. The summed E-state index contributed by atoms with van der Waals surface area (Å²) in [6.45, 7) is 5.81. The molecule has 3 rings (SSSR count). The van der Waals surface area contributed by atoms with E-state index >= 15 is 0 Å². The van der Waals surface area contributed by atoms with E-state index in [0.717, 1.165) is 38.2 Å². The summed E-state index contributed by atoms with van der Waals surface area (Å²) in [7, 11) is 0.